The third-order valence-electron chi connectivity index (χ3n) is 3.00. The van der Waals surface area contributed by atoms with Crippen molar-refractivity contribution in [3.63, 3.8) is 0 Å². The maximum Gasteiger partial charge on any atom is 0.326 e. The van der Waals surface area contributed by atoms with Crippen molar-refractivity contribution in [1.29, 1.82) is 0 Å². The Labute approximate surface area is 121 Å². The fourth-order valence-corrected chi connectivity index (χ4v) is 3.14. The highest BCUT2D eigenvalue weighted by molar-refractivity contribution is 8.00. The van der Waals surface area contributed by atoms with E-state index in [4.69, 9.17) is 10.2 Å². The van der Waals surface area contributed by atoms with Crippen LogP contribution in [0.15, 0.2) is 0 Å². The molecule has 1 aliphatic heterocycles. The maximum atomic E-state index is 11.6. The van der Waals surface area contributed by atoms with Gasteiger partial charge in [0.15, 0.2) is 0 Å². The lowest BCUT2D eigenvalue weighted by molar-refractivity contribution is -0.140. The molecule has 4 N–H and O–H groups in total. The van der Waals surface area contributed by atoms with Crippen molar-refractivity contribution in [2.75, 3.05) is 12.3 Å². The summed E-state index contributed by atoms with van der Waals surface area (Å²) in [5.41, 5.74) is 0. The highest BCUT2D eigenvalue weighted by Crippen LogP contribution is 2.25. The van der Waals surface area contributed by atoms with Gasteiger partial charge in [0.2, 0.25) is 0 Å². The molecule has 1 fully saturated rings. The zero-order valence-electron chi connectivity index (χ0n) is 11.1. The predicted octanol–water partition coefficient (Wildman–Crippen LogP) is 0.889. The maximum absolute atomic E-state index is 11.6. The molecular weight excluding hydrogens is 284 g/mol. The van der Waals surface area contributed by atoms with Crippen LogP contribution in [0.5, 0.6) is 0 Å². The van der Waals surface area contributed by atoms with Gasteiger partial charge in [-0.05, 0) is 31.4 Å². The van der Waals surface area contributed by atoms with E-state index >= 15 is 0 Å². The van der Waals surface area contributed by atoms with Gasteiger partial charge >= 0.3 is 18.0 Å². The Balaban J connectivity index is 2.26. The number of carboxylic acid groups (broad SMARTS) is 2. The Morgan fingerprint density at radius 2 is 2.05 bits per heavy atom. The van der Waals surface area contributed by atoms with Crippen LogP contribution in [-0.2, 0) is 9.59 Å². The van der Waals surface area contributed by atoms with Gasteiger partial charge < -0.3 is 20.8 Å². The lowest BCUT2D eigenvalue weighted by Gasteiger charge is -2.16. The minimum atomic E-state index is -1.15. The summed E-state index contributed by atoms with van der Waals surface area (Å²) in [7, 11) is 0. The molecule has 1 heterocycles. The minimum absolute atomic E-state index is 0.104. The van der Waals surface area contributed by atoms with Crippen LogP contribution in [0, 0.1) is 0 Å². The van der Waals surface area contributed by atoms with E-state index in [0.717, 1.165) is 18.6 Å². The van der Waals surface area contributed by atoms with Gasteiger partial charge in [-0.1, -0.05) is 0 Å². The molecule has 7 nitrogen and oxygen atoms in total. The third-order valence-corrected chi connectivity index (χ3v) is 4.40. The highest BCUT2D eigenvalue weighted by atomic mass is 32.2. The van der Waals surface area contributed by atoms with Gasteiger partial charge in [-0.25, -0.2) is 9.59 Å². The number of rotatable bonds is 8. The number of aliphatic carboxylic acids is 2. The van der Waals surface area contributed by atoms with E-state index in [1.165, 1.54) is 0 Å². The van der Waals surface area contributed by atoms with Gasteiger partial charge in [-0.2, -0.15) is 11.8 Å². The van der Waals surface area contributed by atoms with Gasteiger partial charge in [0, 0.05) is 18.2 Å². The second-order valence-electron chi connectivity index (χ2n) is 4.67. The first kappa shape index (κ1) is 16.6. The molecule has 8 heteroatoms. The molecule has 2 amide bonds. The molecule has 0 aliphatic carbocycles. The number of carbonyl (C=O) groups excluding carboxylic acids is 1. The molecule has 0 aromatic rings. The lowest BCUT2D eigenvalue weighted by atomic mass is 10.1. The normalized spacial score (nSPS) is 19.3. The molecule has 20 heavy (non-hydrogen) atoms. The van der Waals surface area contributed by atoms with Gasteiger partial charge in [-0.3, -0.25) is 4.79 Å². The fraction of sp³-hybridized carbons (Fsp3) is 0.750. The largest absolute Gasteiger partial charge is 0.481 e. The number of amides is 2. The standard InChI is InChI=1S/C12H20N2O5S/c15-10(16)5-1-4-9(11(17)18)14-12(19)13-7-8-3-2-6-20-8/h8-9H,1-7H2,(H,15,16)(H,17,18)(H2,13,14,19)/t8?,9-/m1/s1. The van der Waals surface area contributed by atoms with Crippen molar-refractivity contribution >= 4 is 29.7 Å². The topological polar surface area (TPSA) is 116 Å². The zero-order chi connectivity index (χ0) is 15.0. The van der Waals surface area contributed by atoms with Crippen molar-refractivity contribution in [2.45, 2.75) is 43.4 Å². The first-order valence-corrected chi connectivity index (χ1v) is 7.64. The van der Waals surface area contributed by atoms with E-state index in [2.05, 4.69) is 10.6 Å². The van der Waals surface area contributed by atoms with Crippen LogP contribution in [0.1, 0.15) is 32.1 Å². The SMILES string of the molecule is O=C(O)CCC[C@@H](NC(=O)NCC1CCCS1)C(=O)O. The number of thioether (sulfide) groups is 1. The summed E-state index contributed by atoms with van der Waals surface area (Å²) in [6, 6.07) is -1.56. The highest BCUT2D eigenvalue weighted by Gasteiger charge is 2.21. The third kappa shape index (κ3) is 6.65. The predicted molar refractivity (Wildman–Crippen MR) is 74.9 cm³/mol. The second kappa shape index (κ2) is 8.68. The average Bonchev–Trinajstić information content (AvgIpc) is 2.87. The smallest absolute Gasteiger partial charge is 0.326 e. The number of urea groups is 1. The summed E-state index contributed by atoms with van der Waals surface area (Å²) in [6.45, 7) is 0.526. The Kier molecular flexibility index (Phi) is 7.21. The van der Waals surface area contributed by atoms with E-state index in [1.807, 2.05) is 0 Å². The molecule has 0 saturated carbocycles. The average molecular weight is 304 g/mol. The van der Waals surface area contributed by atoms with E-state index < -0.39 is 24.0 Å². The molecule has 0 spiro atoms. The molecule has 0 radical (unpaired) electrons. The molecule has 0 aromatic heterocycles. The first-order chi connectivity index (χ1) is 9.49. The van der Waals surface area contributed by atoms with Crippen LogP contribution in [0.2, 0.25) is 0 Å². The molecule has 0 bridgehead atoms. The van der Waals surface area contributed by atoms with Crippen molar-refractivity contribution in [3.8, 4) is 0 Å². The Bertz CT molecular complexity index is 358. The zero-order valence-corrected chi connectivity index (χ0v) is 11.9. The molecule has 1 rings (SSSR count). The summed E-state index contributed by atoms with van der Waals surface area (Å²) < 4.78 is 0. The molecule has 1 aliphatic rings. The molecule has 114 valence electrons. The number of hydrogen-bond donors (Lipinski definition) is 4. The Morgan fingerprint density at radius 3 is 2.60 bits per heavy atom. The van der Waals surface area contributed by atoms with E-state index in [9.17, 15) is 14.4 Å². The molecule has 2 atom stereocenters. The second-order valence-corrected chi connectivity index (χ2v) is 6.07. The minimum Gasteiger partial charge on any atom is -0.481 e. The van der Waals surface area contributed by atoms with Crippen LogP contribution in [0.25, 0.3) is 0 Å². The lowest BCUT2D eigenvalue weighted by Crippen LogP contribution is -2.47. The van der Waals surface area contributed by atoms with Crippen molar-refractivity contribution in [1.82, 2.24) is 10.6 Å². The van der Waals surface area contributed by atoms with Crippen molar-refractivity contribution in [3.05, 3.63) is 0 Å². The van der Waals surface area contributed by atoms with Gasteiger partial charge in [-0.15, -0.1) is 0 Å². The molecule has 1 unspecified atom stereocenters. The summed E-state index contributed by atoms with van der Waals surface area (Å²) in [6.07, 6.45) is 2.42. The first-order valence-electron chi connectivity index (χ1n) is 6.59. The van der Waals surface area contributed by atoms with Crippen molar-refractivity contribution < 1.29 is 24.6 Å². The van der Waals surface area contributed by atoms with Crippen LogP contribution in [0.3, 0.4) is 0 Å². The van der Waals surface area contributed by atoms with Gasteiger partial charge in [0.1, 0.15) is 6.04 Å². The Morgan fingerprint density at radius 1 is 1.30 bits per heavy atom. The number of hydrogen-bond acceptors (Lipinski definition) is 4. The van der Waals surface area contributed by atoms with Crippen LogP contribution < -0.4 is 10.6 Å². The van der Waals surface area contributed by atoms with E-state index in [0.29, 0.717) is 11.8 Å². The van der Waals surface area contributed by atoms with Crippen LogP contribution in [0.4, 0.5) is 4.79 Å². The summed E-state index contributed by atoms with van der Waals surface area (Å²) in [5, 5.41) is 22.9. The number of carboxylic acids is 2. The molecule has 0 aromatic carbocycles. The number of nitrogens with one attached hydrogen (secondary N) is 2. The quantitative estimate of drug-likeness (QED) is 0.529. The molecular formula is C12H20N2O5S. The van der Waals surface area contributed by atoms with Gasteiger partial charge in [0.25, 0.3) is 0 Å². The summed E-state index contributed by atoms with van der Waals surface area (Å²) >= 11 is 1.80. The van der Waals surface area contributed by atoms with E-state index in [1.54, 1.807) is 11.8 Å². The number of carbonyl (C=O) groups is 3. The van der Waals surface area contributed by atoms with Crippen molar-refractivity contribution in [2.24, 2.45) is 0 Å². The summed E-state index contributed by atoms with van der Waals surface area (Å²) in [4.78, 5) is 33.0. The Hall–Kier alpha value is -1.44. The summed E-state index contributed by atoms with van der Waals surface area (Å²) in [5.74, 6) is -1.03. The monoisotopic (exact) mass is 304 g/mol. The fourth-order valence-electron chi connectivity index (χ4n) is 1.94. The van der Waals surface area contributed by atoms with E-state index in [-0.39, 0.29) is 19.3 Å². The van der Waals surface area contributed by atoms with Gasteiger partial charge in [0.05, 0.1) is 0 Å². The van der Waals surface area contributed by atoms with Crippen LogP contribution >= 0.6 is 11.8 Å². The van der Waals surface area contributed by atoms with Crippen LogP contribution in [-0.4, -0.2) is 51.8 Å². The molecule has 1 saturated heterocycles.